The standard InChI is InChI=1S/C18H33N3O2/c1-10(2)8-12-17(23)21-13(9-11(3)4)15(21)14(19-12)16(22)20-18(5,6)7/h10-15,19H,8-9H2,1-7H3,(H,20,22)/t12-,13+,14?,15-,21?/m1/s1. The molecule has 1 unspecified atom stereocenters. The first-order valence-corrected chi connectivity index (χ1v) is 8.91. The molecule has 0 radical (unpaired) electrons. The van der Waals surface area contributed by atoms with Crippen LogP contribution in [0, 0.1) is 11.8 Å². The molecule has 0 aromatic heterocycles. The third kappa shape index (κ3) is 4.25. The summed E-state index contributed by atoms with van der Waals surface area (Å²) in [6.07, 6.45) is 1.74. The average Bonchev–Trinajstić information content (AvgIpc) is 3.03. The molecule has 0 bridgehead atoms. The number of fused-ring (bicyclic) bond motifs is 1. The lowest BCUT2D eigenvalue weighted by Gasteiger charge is -2.32. The predicted octanol–water partition coefficient (Wildman–Crippen LogP) is 1.91. The van der Waals surface area contributed by atoms with Gasteiger partial charge in [-0.1, -0.05) is 27.7 Å². The minimum Gasteiger partial charge on any atom is -0.350 e. The molecule has 2 heterocycles. The van der Waals surface area contributed by atoms with E-state index < -0.39 is 0 Å². The third-order valence-corrected chi connectivity index (χ3v) is 4.46. The molecule has 2 rings (SSSR count). The number of amides is 2. The maximum absolute atomic E-state index is 12.7. The summed E-state index contributed by atoms with van der Waals surface area (Å²) >= 11 is 0. The van der Waals surface area contributed by atoms with Crippen LogP contribution in [0.1, 0.15) is 61.3 Å². The number of nitrogens with one attached hydrogen (secondary N) is 2. The Bertz CT molecular complexity index is 467. The monoisotopic (exact) mass is 323 g/mol. The maximum atomic E-state index is 12.7. The van der Waals surface area contributed by atoms with E-state index in [2.05, 4.69) is 38.3 Å². The van der Waals surface area contributed by atoms with Gasteiger partial charge in [-0.25, -0.2) is 0 Å². The number of piperazine rings is 1. The number of hydrogen-bond acceptors (Lipinski definition) is 3. The van der Waals surface area contributed by atoms with Crippen LogP contribution < -0.4 is 10.6 Å². The summed E-state index contributed by atoms with van der Waals surface area (Å²) in [6, 6.07) is -0.294. The van der Waals surface area contributed by atoms with Gasteiger partial charge in [-0.2, -0.15) is 0 Å². The van der Waals surface area contributed by atoms with Crippen molar-refractivity contribution in [3.05, 3.63) is 0 Å². The molecular formula is C18H33N3O2. The zero-order valence-electron chi connectivity index (χ0n) is 15.6. The van der Waals surface area contributed by atoms with Crippen molar-refractivity contribution >= 4 is 11.8 Å². The Hall–Kier alpha value is -1.10. The summed E-state index contributed by atoms with van der Waals surface area (Å²) in [6.45, 7) is 14.5. The molecule has 0 aromatic rings. The van der Waals surface area contributed by atoms with Crippen LogP contribution in [-0.2, 0) is 9.59 Å². The minimum absolute atomic E-state index is 0.0139. The summed E-state index contributed by atoms with van der Waals surface area (Å²) < 4.78 is 0. The van der Waals surface area contributed by atoms with Crippen LogP contribution in [0.15, 0.2) is 0 Å². The van der Waals surface area contributed by atoms with Crippen LogP contribution in [0.5, 0.6) is 0 Å². The molecule has 2 fully saturated rings. The van der Waals surface area contributed by atoms with Gasteiger partial charge in [-0.05, 0) is 45.4 Å². The first kappa shape index (κ1) is 18.2. The summed E-state index contributed by atoms with van der Waals surface area (Å²) in [5, 5.41) is 6.42. The second-order valence-electron chi connectivity index (χ2n) is 9.00. The van der Waals surface area contributed by atoms with Crippen molar-refractivity contribution in [3.8, 4) is 0 Å². The van der Waals surface area contributed by atoms with E-state index in [0.717, 1.165) is 12.8 Å². The van der Waals surface area contributed by atoms with E-state index in [0.29, 0.717) is 11.8 Å². The third-order valence-electron chi connectivity index (χ3n) is 4.46. The highest BCUT2D eigenvalue weighted by atomic mass is 16.2. The largest absolute Gasteiger partial charge is 0.350 e. The Balaban J connectivity index is 2.15. The molecule has 2 saturated heterocycles. The fraction of sp³-hybridized carbons (Fsp3) is 0.889. The van der Waals surface area contributed by atoms with Gasteiger partial charge < -0.3 is 10.2 Å². The van der Waals surface area contributed by atoms with Crippen molar-refractivity contribution in [3.63, 3.8) is 0 Å². The van der Waals surface area contributed by atoms with Crippen LogP contribution in [0.25, 0.3) is 0 Å². The van der Waals surface area contributed by atoms with Gasteiger partial charge in [0.1, 0.15) is 6.04 Å². The van der Waals surface area contributed by atoms with E-state index >= 15 is 0 Å². The number of hydrogen-bond donors (Lipinski definition) is 2. The van der Waals surface area contributed by atoms with E-state index in [1.54, 1.807) is 0 Å². The molecule has 0 saturated carbocycles. The molecule has 2 amide bonds. The SMILES string of the molecule is CC(C)C[C@H]1NC(C(=O)NC(C)(C)C)[C@H]2[C@H](CC(C)C)N2C1=O. The molecule has 132 valence electrons. The Morgan fingerprint density at radius 2 is 1.74 bits per heavy atom. The first-order chi connectivity index (χ1) is 10.5. The van der Waals surface area contributed by atoms with Gasteiger partial charge in [0.2, 0.25) is 11.8 Å². The molecule has 5 nitrogen and oxygen atoms in total. The van der Waals surface area contributed by atoms with E-state index in [1.165, 1.54) is 0 Å². The van der Waals surface area contributed by atoms with Crippen LogP contribution in [-0.4, -0.2) is 46.4 Å². The number of rotatable bonds is 5. The second kappa shape index (κ2) is 6.42. The lowest BCUT2D eigenvalue weighted by Crippen LogP contribution is -2.61. The molecule has 0 spiro atoms. The summed E-state index contributed by atoms with van der Waals surface area (Å²) in [7, 11) is 0. The molecule has 2 aliphatic heterocycles. The normalized spacial score (nSPS) is 30.7. The van der Waals surface area contributed by atoms with Gasteiger partial charge in [0.25, 0.3) is 0 Å². The first-order valence-electron chi connectivity index (χ1n) is 8.91. The molecule has 0 aliphatic carbocycles. The predicted molar refractivity (Wildman–Crippen MR) is 91.9 cm³/mol. The lowest BCUT2D eigenvalue weighted by molar-refractivity contribution is -0.134. The van der Waals surface area contributed by atoms with Crippen molar-refractivity contribution in [2.24, 2.45) is 11.8 Å². The van der Waals surface area contributed by atoms with Crippen LogP contribution >= 0.6 is 0 Å². The van der Waals surface area contributed by atoms with Crippen molar-refractivity contribution in [2.45, 2.75) is 91.0 Å². The maximum Gasteiger partial charge on any atom is 0.240 e. The van der Waals surface area contributed by atoms with Crippen molar-refractivity contribution in [2.75, 3.05) is 0 Å². The van der Waals surface area contributed by atoms with Crippen molar-refractivity contribution in [1.29, 1.82) is 0 Å². The second-order valence-corrected chi connectivity index (χ2v) is 9.00. The molecule has 0 aromatic carbocycles. The van der Waals surface area contributed by atoms with Crippen LogP contribution in [0.4, 0.5) is 0 Å². The summed E-state index contributed by atoms with van der Waals surface area (Å²) in [5.41, 5.74) is -0.263. The van der Waals surface area contributed by atoms with Gasteiger partial charge in [0, 0.05) is 5.54 Å². The fourth-order valence-electron chi connectivity index (χ4n) is 3.61. The van der Waals surface area contributed by atoms with Gasteiger partial charge in [0.15, 0.2) is 0 Å². The number of carbonyl (C=O) groups is 2. The van der Waals surface area contributed by atoms with Crippen molar-refractivity contribution < 1.29 is 9.59 Å². The zero-order valence-corrected chi connectivity index (χ0v) is 15.6. The van der Waals surface area contributed by atoms with E-state index in [9.17, 15) is 9.59 Å². The zero-order chi connectivity index (χ0) is 17.5. The lowest BCUT2D eigenvalue weighted by atomic mass is 9.97. The number of carbonyl (C=O) groups excluding carboxylic acids is 2. The highest BCUT2D eigenvalue weighted by Crippen LogP contribution is 2.40. The van der Waals surface area contributed by atoms with E-state index in [1.807, 2.05) is 25.7 Å². The molecule has 5 heteroatoms. The topological polar surface area (TPSA) is 61.2 Å². The smallest absolute Gasteiger partial charge is 0.240 e. The van der Waals surface area contributed by atoms with E-state index in [-0.39, 0.29) is 41.5 Å². The summed E-state index contributed by atoms with van der Waals surface area (Å²) in [4.78, 5) is 27.3. The highest BCUT2D eigenvalue weighted by Gasteiger charge is 2.61. The Kier molecular flexibility index (Phi) is 5.09. The van der Waals surface area contributed by atoms with Crippen LogP contribution in [0.2, 0.25) is 0 Å². The van der Waals surface area contributed by atoms with Gasteiger partial charge >= 0.3 is 0 Å². The van der Waals surface area contributed by atoms with E-state index in [4.69, 9.17) is 0 Å². The number of nitrogens with zero attached hydrogens (tertiary/aromatic N) is 1. The molecule has 2 N–H and O–H groups in total. The van der Waals surface area contributed by atoms with Gasteiger partial charge in [-0.15, -0.1) is 0 Å². The van der Waals surface area contributed by atoms with Crippen LogP contribution in [0.3, 0.4) is 0 Å². The molecule has 23 heavy (non-hydrogen) atoms. The summed E-state index contributed by atoms with van der Waals surface area (Å²) in [5.74, 6) is 1.13. The Labute approximate surface area is 140 Å². The average molecular weight is 323 g/mol. The highest BCUT2D eigenvalue weighted by molar-refractivity contribution is 5.92. The van der Waals surface area contributed by atoms with Gasteiger partial charge in [-0.3, -0.25) is 14.9 Å². The Morgan fingerprint density at radius 1 is 1.17 bits per heavy atom. The molecular weight excluding hydrogens is 290 g/mol. The quantitative estimate of drug-likeness (QED) is 0.760. The minimum atomic E-state index is -0.292. The Morgan fingerprint density at radius 3 is 2.22 bits per heavy atom. The molecule has 4 atom stereocenters. The van der Waals surface area contributed by atoms with Gasteiger partial charge in [0.05, 0.1) is 18.1 Å². The fourth-order valence-corrected chi connectivity index (χ4v) is 3.61. The van der Waals surface area contributed by atoms with Crippen molar-refractivity contribution in [1.82, 2.24) is 15.5 Å². The molecule has 2 aliphatic rings.